The smallest absolute Gasteiger partial charge is 0.309 e. The van der Waals surface area contributed by atoms with Crippen molar-refractivity contribution in [2.75, 3.05) is 7.11 Å². The molecule has 1 aromatic rings. The van der Waals surface area contributed by atoms with E-state index in [1.807, 2.05) is 0 Å². The first-order valence-electron chi connectivity index (χ1n) is 5.60. The monoisotopic (exact) mass is 271 g/mol. The van der Waals surface area contributed by atoms with E-state index in [-0.39, 0.29) is 0 Å². The molecule has 4 nitrogen and oxygen atoms in total. The largest absolute Gasteiger partial charge is 0.497 e. The topological polar surface area (TPSA) is 72.5 Å². The van der Waals surface area contributed by atoms with E-state index >= 15 is 0 Å². The summed E-state index contributed by atoms with van der Waals surface area (Å²) in [7, 11) is 1.55. The number of carbonyl (C=O) groups is 1. The molecule has 0 aliphatic rings. The van der Waals surface area contributed by atoms with Gasteiger partial charge in [0.1, 0.15) is 5.75 Å². The van der Waals surface area contributed by atoms with Crippen LogP contribution in [0.15, 0.2) is 18.2 Å². The summed E-state index contributed by atoms with van der Waals surface area (Å²) < 4.78 is 5.05. The number of halogens is 1. The predicted molar refractivity (Wildman–Crippen MR) is 71.0 cm³/mol. The molecule has 100 valence electrons. The molecule has 1 aromatic carbocycles. The Hall–Kier alpha value is -1.26. The molecule has 0 saturated carbocycles. The Balaban J connectivity index is 2.91. The van der Waals surface area contributed by atoms with Gasteiger partial charge in [0.25, 0.3) is 0 Å². The third-order valence-corrected chi connectivity index (χ3v) is 3.24. The number of hydrogen-bond acceptors (Lipinski definition) is 3. The SMILES string of the molecule is COc1ccc(C(N)CC(C)(C)C(=O)O)c(Cl)c1. The Labute approximate surface area is 112 Å². The minimum absolute atomic E-state index is 0.314. The third-order valence-electron chi connectivity index (χ3n) is 2.92. The van der Waals surface area contributed by atoms with Crippen LogP contribution in [0.1, 0.15) is 31.9 Å². The molecule has 0 heterocycles. The van der Waals surface area contributed by atoms with Crippen LogP contribution in [-0.2, 0) is 4.79 Å². The second-order valence-corrected chi connectivity index (χ2v) is 5.29. The molecule has 0 aliphatic carbocycles. The zero-order chi connectivity index (χ0) is 13.9. The van der Waals surface area contributed by atoms with Crippen molar-refractivity contribution in [2.45, 2.75) is 26.3 Å². The molecule has 0 spiro atoms. The van der Waals surface area contributed by atoms with E-state index in [0.717, 1.165) is 5.56 Å². The number of ether oxygens (including phenoxy) is 1. The molecule has 18 heavy (non-hydrogen) atoms. The average molecular weight is 272 g/mol. The van der Waals surface area contributed by atoms with Crippen molar-refractivity contribution in [3.05, 3.63) is 28.8 Å². The van der Waals surface area contributed by atoms with Crippen molar-refractivity contribution >= 4 is 17.6 Å². The van der Waals surface area contributed by atoms with Gasteiger partial charge in [0, 0.05) is 11.1 Å². The fraction of sp³-hybridized carbons (Fsp3) is 0.462. The molecular weight excluding hydrogens is 254 g/mol. The minimum Gasteiger partial charge on any atom is -0.497 e. The maximum absolute atomic E-state index is 11.1. The number of carboxylic acids is 1. The molecule has 0 aromatic heterocycles. The van der Waals surface area contributed by atoms with Crippen LogP contribution < -0.4 is 10.5 Å². The fourth-order valence-corrected chi connectivity index (χ4v) is 1.99. The first-order valence-corrected chi connectivity index (χ1v) is 5.98. The third kappa shape index (κ3) is 3.37. The van der Waals surface area contributed by atoms with Crippen LogP contribution in [0.2, 0.25) is 5.02 Å². The zero-order valence-corrected chi connectivity index (χ0v) is 11.5. The summed E-state index contributed by atoms with van der Waals surface area (Å²) in [6, 6.07) is 4.78. The van der Waals surface area contributed by atoms with E-state index in [1.165, 1.54) is 0 Å². The van der Waals surface area contributed by atoms with E-state index in [2.05, 4.69) is 0 Å². The van der Waals surface area contributed by atoms with Gasteiger partial charge >= 0.3 is 5.97 Å². The van der Waals surface area contributed by atoms with Crippen molar-refractivity contribution < 1.29 is 14.6 Å². The normalized spacial score (nSPS) is 13.2. The summed E-state index contributed by atoms with van der Waals surface area (Å²) in [5.41, 5.74) is 5.86. The van der Waals surface area contributed by atoms with Gasteiger partial charge in [-0.15, -0.1) is 0 Å². The molecule has 0 bridgehead atoms. The lowest BCUT2D eigenvalue weighted by atomic mass is 9.84. The second-order valence-electron chi connectivity index (χ2n) is 4.89. The average Bonchev–Trinajstić information content (AvgIpc) is 2.27. The van der Waals surface area contributed by atoms with Crippen LogP contribution in [0.5, 0.6) is 5.75 Å². The molecule has 0 aliphatic heterocycles. The van der Waals surface area contributed by atoms with Gasteiger partial charge in [0.05, 0.1) is 12.5 Å². The lowest BCUT2D eigenvalue weighted by Crippen LogP contribution is -2.29. The number of benzene rings is 1. The second kappa shape index (κ2) is 5.59. The first kappa shape index (κ1) is 14.8. The van der Waals surface area contributed by atoms with E-state index in [9.17, 15) is 4.79 Å². The van der Waals surface area contributed by atoms with Gasteiger partial charge in [-0.25, -0.2) is 0 Å². The Morgan fingerprint density at radius 3 is 2.61 bits per heavy atom. The van der Waals surface area contributed by atoms with Crippen molar-refractivity contribution in [1.82, 2.24) is 0 Å². The molecule has 0 fully saturated rings. The minimum atomic E-state index is -0.886. The lowest BCUT2D eigenvalue weighted by molar-refractivity contribution is -0.147. The number of methoxy groups -OCH3 is 1. The van der Waals surface area contributed by atoms with E-state index < -0.39 is 17.4 Å². The molecule has 5 heteroatoms. The molecule has 0 radical (unpaired) electrons. The van der Waals surface area contributed by atoms with Crippen LogP contribution in [0.25, 0.3) is 0 Å². The van der Waals surface area contributed by atoms with Gasteiger partial charge in [-0.05, 0) is 38.0 Å². The van der Waals surface area contributed by atoms with Crippen molar-refractivity contribution in [1.29, 1.82) is 0 Å². The van der Waals surface area contributed by atoms with Crippen LogP contribution in [-0.4, -0.2) is 18.2 Å². The highest BCUT2D eigenvalue weighted by molar-refractivity contribution is 6.31. The molecule has 1 atom stereocenters. The van der Waals surface area contributed by atoms with Gasteiger partial charge in [0.15, 0.2) is 0 Å². The van der Waals surface area contributed by atoms with Gasteiger partial charge < -0.3 is 15.6 Å². The van der Waals surface area contributed by atoms with Crippen molar-refractivity contribution in [3.8, 4) is 5.75 Å². The summed E-state index contributed by atoms with van der Waals surface area (Å²) in [5, 5.41) is 9.57. The van der Waals surface area contributed by atoms with Gasteiger partial charge in [-0.3, -0.25) is 4.79 Å². The van der Waals surface area contributed by atoms with E-state index in [4.69, 9.17) is 27.2 Å². The number of rotatable bonds is 5. The zero-order valence-electron chi connectivity index (χ0n) is 10.7. The maximum atomic E-state index is 11.1. The van der Waals surface area contributed by atoms with Crippen molar-refractivity contribution in [2.24, 2.45) is 11.1 Å². The first-order chi connectivity index (χ1) is 8.27. The Bertz CT molecular complexity index is 446. The number of nitrogens with two attached hydrogens (primary N) is 1. The van der Waals surface area contributed by atoms with Crippen LogP contribution in [0.3, 0.4) is 0 Å². The highest BCUT2D eigenvalue weighted by atomic mass is 35.5. The summed E-state index contributed by atoms with van der Waals surface area (Å²) in [5.74, 6) is -0.226. The summed E-state index contributed by atoms with van der Waals surface area (Å²) in [6.07, 6.45) is 0.314. The fourth-order valence-electron chi connectivity index (χ4n) is 1.68. The highest BCUT2D eigenvalue weighted by Gasteiger charge is 2.30. The van der Waals surface area contributed by atoms with Crippen LogP contribution in [0, 0.1) is 5.41 Å². The van der Waals surface area contributed by atoms with Crippen LogP contribution >= 0.6 is 11.6 Å². The number of aliphatic carboxylic acids is 1. The standard InChI is InChI=1S/C13H18ClNO3/c1-13(2,12(16)17)7-11(15)9-5-4-8(18-3)6-10(9)14/h4-6,11H,7,15H2,1-3H3,(H,16,17). The van der Waals surface area contributed by atoms with Gasteiger partial charge in [-0.2, -0.15) is 0 Å². The molecule has 1 unspecified atom stereocenters. The highest BCUT2D eigenvalue weighted by Crippen LogP contribution is 2.33. The lowest BCUT2D eigenvalue weighted by Gasteiger charge is -2.24. The summed E-state index contributed by atoms with van der Waals surface area (Å²) >= 11 is 6.10. The molecule has 0 amide bonds. The molecule has 0 saturated heterocycles. The Morgan fingerprint density at radius 2 is 2.17 bits per heavy atom. The maximum Gasteiger partial charge on any atom is 0.309 e. The summed E-state index contributed by atoms with van der Waals surface area (Å²) in [6.45, 7) is 3.29. The van der Waals surface area contributed by atoms with Gasteiger partial charge in [-0.1, -0.05) is 17.7 Å². The number of carboxylic acid groups (broad SMARTS) is 1. The Morgan fingerprint density at radius 1 is 1.56 bits per heavy atom. The van der Waals surface area contributed by atoms with E-state index in [1.54, 1.807) is 39.2 Å². The van der Waals surface area contributed by atoms with Crippen molar-refractivity contribution in [3.63, 3.8) is 0 Å². The summed E-state index contributed by atoms with van der Waals surface area (Å²) in [4.78, 5) is 11.1. The van der Waals surface area contributed by atoms with Crippen LogP contribution in [0.4, 0.5) is 0 Å². The quantitative estimate of drug-likeness (QED) is 0.864. The predicted octanol–water partition coefficient (Wildman–Crippen LogP) is 2.85. The number of hydrogen-bond donors (Lipinski definition) is 2. The van der Waals surface area contributed by atoms with E-state index in [0.29, 0.717) is 17.2 Å². The molecule has 1 rings (SSSR count). The molecular formula is C13H18ClNO3. The molecule has 3 N–H and O–H groups in total. The van der Waals surface area contributed by atoms with Gasteiger partial charge in [0.2, 0.25) is 0 Å². The Kier molecular flexibility index (Phi) is 4.59.